The van der Waals surface area contributed by atoms with Crippen molar-refractivity contribution in [1.29, 1.82) is 0 Å². The summed E-state index contributed by atoms with van der Waals surface area (Å²) in [5, 5.41) is 8.43. The molecule has 0 spiro atoms. The highest BCUT2D eigenvalue weighted by atomic mass is 16.2. The number of para-hydroxylation sites is 2. The Labute approximate surface area is 170 Å². The highest BCUT2D eigenvalue weighted by Crippen LogP contribution is 2.21. The molecule has 7 heteroatoms. The van der Waals surface area contributed by atoms with Crippen LogP contribution in [0.1, 0.15) is 49.9 Å². The molecular formula is C22H27N5O2. The standard InChI is InChI=1S/C22H27N5O2/c1-14(2)24-22(29)25-17-9-7-8-16(12-17)21(28)23-13-20-26-18-10-5-6-11-19(18)27(20)15(3)4/h5-12,14-15H,13H2,1-4H3,(H,23,28)(H2,24,25,29). The van der Waals surface area contributed by atoms with Crippen LogP contribution in [0.4, 0.5) is 10.5 Å². The number of carbonyl (C=O) groups excluding carboxylic acids is 2. The third-order valence-corrected chi connectivity index (χ3v) is 4.39. The molecule has 0 saturated heterocycles. The minimum Gasteiger partial charge on any atom is -0.345 e. The summed E-state index contributed by atoms with van der Waals surface area (Å²) in [6.45, 7) is 8.27. The van der Waals surface area contributed by atoms with E-state index in [-0.39, 0.29) is 24.0 Å². The van der Waals surface area contributed by atoms with Gasteiger partial charge in [-0.05, 0) is 58.0 Å². The average Bonchev–Trinajstić information content (AvgIpc) is 3.04. The van der Waals surface area contributed by atoms with Gasteiger partial charge in [-0.3, -0.25) is 4.79 Å². The number of hydrogen-bond acceptors (Lipinski definition) is 3. The monoisotopic (exact) mass is 393 g/mol. The number of urea groups is 1. The molecule has 3 N–H and O–H groups in total. The zero-order chi connectivity index (χ0) is 21.0. The van der Waals surface area contributed by atoms with E-state index in [1.165, 1.54) is 0 Å². The van der Waals surface area contributed by atoms with Crippen molar-refractivity contribution in [3.05, 3.63) is 59.9 Å². The maximum Gasteiger partial charge on any atom is 0.319 e. The van der Waals surface area contributed by atoms with Gasteiger partial charge in [-0.2, -0.15) is 0 Å². The van der Waals surface area contributed by atoms with Gasteiger partial charge in [0.1, 0.15) is 5.82 Å². The number of aromatic nitrogens is 2. The van der Waals surface area contributed by atoms with E-state index in [2.05, 4.69) is 39.3 Å². The average molecular weight is 393 g/mol. The zero-order valence-electron chi connectivity index (χ0n) is 17.2. The van der Waals surface area contributed by atoms with E-state index in [1.54, 1.807) is 24.3 Å². The van der Waals surface area contributed by atoms with Crippen LogP contribution < -0.4 is 16.0 Å². The molecule has 0 atom stereocenters. The van der Waals surface area contributed by atoms with Gasteiger partial charge >= 0.3 is 6.03 Å². The fourth-order valence-electron chi connectivity index (χ4n) is 3.22. The maximum atomic E-state index is 12.7. The summed E-state index contributed by atoms with van der Waals surface area (Å²) in [6.07, 6.45) is 0. The minimum atomic E-state index is -0.303. The molecule has 152 valence electrons. The summed E-state index contributed by atoms with van der Waals surface area (Å²) in [7, 11) is 0. The lowest BCUT2D eigenvalue weighted by atomic mass is 10.2. The molecule has 3 rings (SSSR count). The van der Waals surface area contributed by atoms with E-state index < -0.39 is 0 Å². The molecule has 1 aromatic heterocycles. The van der Waals surface area contributed by atoms with Gasteiger partial charge in [0.2, 0.25) is 0 Å². The maximum absolute atomic E-state index is 12.7. The number of fused-ring (bicyclic) bond motifs is 1. The number of hydrogen-bond donors (Lipinski definition) is 3. The van der Waals surface area contributed by atoms with E-state index in [4.69, 9.17) is 0 Å². The number of imidazole rings is 1. The van der Waals surface area contributed by atoms with Crippen molar-refractivity contribution in [3.63, 3.8) is 0 Å². The van der Waals surface area contributed by atoms with E-state index in [0.717, 1.165) is 16.9 Å². The molecule has 0 unspecified atom stereocenters. The number of carbonyl (C=O) groups is 2. The highest BCUT2D eigenvalue weighted by Gasteiger charge is 2.14. The van der Waals surface area contributed by atoms with Crippen molar-refractivity contribution in [1.82, 2.24) is 20.2 Å². The van der Waals surface area contributed by atoms with Crippen LogP contribution in [-0.2, 0) is 6.54 Å². The third-order valence-electron chi connectivity index (χ3n) is 4.39. The molecule has 1 heterocycles. The van der Waals surface area contributed by atoms with Gasteiger partial charge in [0.15, 0.2) is 0 Å². The molecule has 0 aliphatic heterocycles. The first-order valence-corrected chi connectivity index (χ1v) is 9.76. The Morgan fingerprint density at radius 2 is 1.79 bits per heavy atom. The summed E-state index contributed by atoms with van der Waals surface area (Å²) >= 11 is 0. The van der Waals surface area contributed by atoms with Gasteiger partial charge in [-0.15, -0.1) is 0 Å². The van der Waals surface area contributed by atoms with Gasteiger partial charge in [0.05, 0.1) is 17.6 Å². The van der Waals surface area contributed by atoms with Gasteiger partial charge in [0, 0.05) is 23.3 Å². The van der Waals surface area contributed by atoms with Crippen LogP contribution in [0.15, 0.2) is 48.5 Å². The van der Waals surface area contributed by atoms with Gasteiger partial charge in [-0.1, -0.05) is 18.2 Å². The quantitative estimate of drug-likeness (QED) is 0.590. The summed E-state index contributed by atoms with van der Waals surface area (Å²) in [4.78, 5) is 29.2. The molecule has 0 fully saturated rings. The van der Waals surface area contributed by atoms with Crippen LogP contribution in [0, 0.1) is 0 Å². The van der Waals surface area contributed by atoms with Crippen molar-refractivity contribution in [2.24, 2.45) is 0 Å². The number of nitrogens with one attached hydrogen (secondary N) is 3. The first kappa shape index (κ1) is 20.4. The first-order valence-electron chi connectivity index (χ1n) is 9.76. The van der Waals surface area contributed by atoms with Crippen molar-refractivity contribution in [2.75, 3.05) is 5.32 Å². The Morgan fingerprint density at radius 1 is 1.03 bits per heavy atom. The minimum absolute atomic E-state index is 0.0293. The highest BCUT2D eigenvalue weighted by molar-refractivity contribution is 5.96. The molecule has 0 saturated carbocycles. The SMILES string of the molecule is CC(C)NC(=O)Nc1cccc(C(=O)NCc2nc3ccccc3n2C(C)C)c1. The number of rotatable bonds is 6. The zero-order valence-corrected chi connectivity index (χ0v) is 17.2. The van der Waals surface area contributed by atoms with Crippen molar-refractivity contribution < 1.29 is 9.59 Å². The molecule has 3 amide bonds. The van der Waals surface area contributed by atoms with Gasteiger partial charge < -0.3 is 20.5 Å². The van der Waals surface area contributed by atoms with Crippen molar-refractivity contribution in [3.8, 4) is 0 Å². The molecular weight excluding hydrogens is 366 g/mol. The van der Waals surface area contributed by atoms with Gasteiger partial charge in [-0.25, -0.2) is 9.78 Å². The van der Waals surface area contributed by atoms with Crippen molar-refractivity contribution in [2.45, 2.75) is 46.3 Å². The van der Waals surface area contributed by atoms with E-state index in [1.807, 2.05) is 38.1 Å². The topological polar surface area (TPSA) is 88.1 Å². The Morgan fingerprint density at radius 3 is 2.52 bits per heavy atom. The molecule has 29 heavy (non-hydrogen) atoms. The van der Waals surface area contributed by atoms with Crippen LogP contribution in [0.25, 0.3) is 11.0 Å². The lowest BCUT2D eigenvalue weighted by Crippen LogP contribution is -2.34. The van der Waals surface area contributed by atoms with Crippen LogP contribution in [-0.4, -0.2) is 27.5 Å². The summed E-state index contributed by atoms with van der Waals surface area (Å²) in [5.41, 5.74) is 2.99. The van der Waals surface area contributed by atoms with E-state index >= 15 is 0 Å². The second-order valence-corrected chi connectivity index (χ2v) is 7.50. The third kappa shape index (κ3) is 4.93. The van der Waals surface area contributed by atoms with Crippen LogP contribution in [0.5, 0.6) is 0 Å². The largest absolute Gasteiger partial charge is 0.345 e. The Hall–Kier alpha value is -3.35. The normalized spacial score (nSPS) is 11.1. The molecule has 3 aromatic rings. The molecule has 0 aliphatic carbocycles. The molecule has 0 aliphatic rings. The first-order chi connectivity index (χ1) is 13.8. The van der Waals surface area contributed by atoms with Crippen molar-refractivity contribution >= 4 is 28.7 Å². The molecule has 2 aromatic carbocycles. The van der Waals surface area contributed by atoms with Crippen LogP contribution in [0.2, 0.25) is 0 Å². The molecule has 0 bridgehead atoms. The van der Waals surface area contributed by atoms with Crippen LogP contribution >= 0.6 is 0 Å². The second kappa shape index (κ2) is 8.77. The number of nitrogens with zero attached hydrogens (tertiary/aromatic N) is 2. The smallest absolute Gasteiger partial charge is 0.319 e. The predicted molar refractivity (Wildman–Crippen MR) is 115 cm³/mol. The molecule has 7 nitrogen and oxygen atoms in total. The summed E-state index contributed by atoms with van der Waals surface area (Å²) < 4.78 is 2.13. The number of benzene rings is 2. The Kier molecular flexibility index (Phi) is 6.16. The predicted octanol–water partition coefficient (Wildman–Crippen LogP) is 4.08. The summed E-state index contributed by atoms with van der Waals surface area (Å²) in [5.74, 6) is 0.584. The lowest BCUT2D eigenvalue weighted by molar-refractivity contribution is 0.0949. The van der Waals surface area contributed by atoms with Crippen LogP contribution in [0.3, 0.4) is 0 Å². The Balaban J connectivity index is 1.72. The fourth-order valence-corrected chi connectivity index (χ4v) is 3.22. The van der Waals surface area contributed by atoms with Gasteiger partial charge in [0.25, 0.3) is 5.91 Å². The second-order valence-electron chi connectivity index (χ2n) is 7.50. The lowest BCUT2D eigenvalue weighted by Gasteiger charge is -2.14. The fraction of sp³-hybridized carbons (Fsp3) is 0.318. The number of anilines is 1. The summed E-state index contributed by atoms with van der Waals surface area (Å²) in [6, 6.07) is 14.7. The molecule has 0 radical (unpaired) electrons. The van der Waals surface area contributed by atoms with E-state index in [0.29, 0.717) is 17.8 Å². The van der Waals surface area contributed by atoms with E-state index in [9.17, 15) is 9.59 Å². The number of amides is 3. The Bertz CT molecular complexity index is 1020.